The lowest BCUT2D eigenvalue weighted by atomic mass is 10.00. The average Bonchev–Trinajstić information content (AvgIpc) is 2.67. The molecule has 0 aromatic heterocycles. The third-order valence-corrected chi connectivity index (χ3v) is 3.25. The summed E-state index contributed by atoms with van der Waals surface area (Å²) < 4.78 is 28.3. The van der Waals surface area contributed by atoms with Crippen molar-refractivity contribution in [3.8, 4) is 0 Å². The summed E-state index contributed by atoms with van der Waals surface area (Å²) >= 11 is 0. The average molecular weight is 286 g/mol. The smallest absolute Gasteiger partial charge is 0.303 e. The van der Waals surface area contributed by atoms with Gasteiger partial charge in [0.25, 0.3) is 0 Å². The van der Waals surface area contributed by atoms with Gasteiger partial charge in [0, 0.05) is 6.92 Å². The molecule has 0 unspecified atom stereocenters. The summed E-state index contributed by atoms with van der Waals surface area (Å²) in [5, 5.41) is 0. The second kappa shape index (κ2) is 5.81. The molecule has 0 aromatic carbocycles. The number of hydrogen-bond acceptors (Lipinski definition) is 6. The largest absolute Gasteiger partial charge is 0.454 e. The molecule has 0 N–H and O–H groups in total. The van der Waals surface area contributed by atoms with E-state index >= 15 is 0 Å². The van der Waals surface area contributed by atoms with E-state index in [0.29, 0.717) is 6.61 Å². The maximum atomic E-state index is 11.3. The fourth-order valence-electron chi connectivity index (χ4n) is 2.57. The molecule has 5 atom stereocenters. The van der Waals surface area contributed by atoms with Crippen LogP contribution in [0.15, 0.2) is 12.7 Å². The summed E-state index contributed by atoms with van der Waals surface area (Å²) in [7, 11) is 0. The number of carbonyl (C=O) groups excluding carboxylic acids is 1. The number of rotatable bonds is 4. The molecule has 2 saturated heterocycles. The van der Waals surface area contributed by atoms with Crippen molar-refractivity contribution in [3.05, 3.63) is 12.7 Å². The number of esters is 1. The minimum Gasteiger partial charge on any atom is -0.454 e. The van der Waals surface area contributed by atoms with Crippen molar-refractivity contribution in [2.45, 2.75) is 64.2 Å². The number of carbonyl (C=O) groups is 1. The molecule has 2 fully saturated rings. The molecule has 0 saturated carbocycles. The molecule has 0 spiro atoms. The van der Waals surface area contributed by atoms with E-state index < -0.39 is 30.3 Å². The molecule has 2 aliphatic rings. The van der Waals surface area contributed by atoms with Gasteiger partial charge in [-0.3, -0.25) is 4.79 Å². The van der Waals surface area contributed by atoms with Gasteiger partial charge in [-0.25, -0.2) is 0 Å². The molecule has 2 rings (SSSR count). The van der Waals surface area contributed by atoms with Gasteiger partial charge in [-0.1, -0.05) is 6.08 Å². The Balaban J connectivity index is 2.18. The minimum atomic E-state index is -0.737. The Labute approximate surface area is 119 Å². The fourth-order valence-corrected chi connectivity index (χ4v) is 2.57. The molecule has 0 aromatic rings. The zero-order valence-corrected chi connectivity index (χ0v) is 12.3. The predicted octanol–water partition coefficient (Wildman–Crippen LogP) is 1.39. The molecule has 6 heteroatoms. The van der Waals surface area contributed by atoms with Gasteiger partial charge in [-0.2, -0.15) is 0 Å². The second-order valence-corrected chi connectivity index (χ2v) is 5.47. The SMILES string of the molecule is C=CCO[C@@H]1O[C@@H](C)[C@H]2OC(C)(C)O[C@H]2[C@@H]1OC(C)=O. The van der Waals surface area contributed by atoms with Gasteiger partial charge in [0.15, 0.2) is 18.2 Å². The molecule has 20 heavy (non-hydrogen) atoms. The first kappa shape index (κ1) is 15.4. The Kier molecular flexibility index (Phi) is 4.49. The first-order chi connectivity index (χ1) is 9.34. The lowest BCUT2D eigenvalue weighted by molar-refractivity contribution is -0.275. The quantitative estimate of drug-likeness (QED) is 0.575. The van der Waals surface area contributed by atoms with Crippen molar-refractivity contribution >= 4 is 5.97 Å². The van der Waals surface area contributed by atoms with Crippen LogP contribution in [0.25, 0.3) is 0 Å². The van der Waals surface area contributed by atoms with E-state index in [1.165, 1.54) is 6.92 Å². The van der Waals surface area contributed by atoms with Gasteiger partial charge in [-0.05, 0) is 20.8 Å². The van der Waals surface area contributed by atoms with Crippen LogP contribution in [0.1, 0.15) is 27.7 Å². The molecule has 6 nitrogen and oxygen atoms in total. The van der Waals surface area contributed by atoms with Crippen LogP contribution in [0, 0.1) is 0 Å². The molecule has 114 valence electrons. The zero-order valence-electron chi connectivity index (χ0n) is 12.3. The highest BCUT2D eigenvalue weighted by Gasteiger charge is 2.55. The van der Waals surface area contributed by atoms with E-state index in [9.17, 15) is 4.79 Å². The monoisotopic (exact) mass is 286 g/mol. The predicted molar refractivity (Wildman–Crippen MR) is 69.9 cm³/mol. The van der Waals surface area contributed by atoms with E-state index in [2.05, 4.69) is 6.58 Å². The summed E-state index contributed by atoms with van der Waals surface area (Å²) in [6.45, 7) is 10.8. The first-order valence-electron chi connectivity index (χ1n) is 6.75. The molecule has 2 heterocycles. The molecular weight excluding hydrogens is 264 g/mol. The van der Waals surface area contributed by atoms with Crippen molar-refractivity contribution in [1.29, 1.82) is 0 Å². The Bertz CT molecular complexity index is 380. The standard InChI is InChI=1S/C14H22O6/c1-6-7-16-13-12(18-9(3)15)11-10(8(2)17-13)19-14(4,5)20-11/h6,8,10-13H,1,7H2,2-5H3/t8-,10+,11+,12-,13+/m0/s1. The van der Waals surface area contributed by atoms with Crippen LogP contribution in [0.2, 0.25) is 0 Å². The van der Waals surface area contributed by atoms with Gasteiger partial charge in [0.2, 0.25) is 0 Å². The van der Waals surface area contributed by atoms with Crippen LogP contribution in [-0.2, 0) is 28.5 Å². The second-order valence-electron chi connectivity index (χ2n) is 5.47. The Morgan fingerprint density at radius 3 is 2.60 bits per heavy atom. The van der Waals surface area contributed by atoms with Crippen molar-refractivity contribution in [2.75, 3.05) is 6.61 Å². The van der Waals surface area contributed by atoms with E-state index in [4.69, 9.17) is 23.7 Å². The van der Waals surface area contributed by atoms with E-state index in [1.54, 1.807) is 6.08 Å². The van der Waals surface area contributed by atoms with E-state index in [-0.39, 0.29) is 12.2 Å². The topological polar surface area (TPSA) is 63.2 Å². The number of hydrogen-bond donors (Lipinski definition) is 0. The normalized spacial score (nSPS) is 39.1. The third-order valence-electron chi connectivity index (χ3n) is 3.25. The molecule has 0 bridgehead atoms. The summed E-state index contributed by atoms with van der Waals surface area (Å²) in [5.41, 5.74) is 0. The third kappa shape index (κ3) is 3.20. The number of ether oxygens (including phenoxy) is 5. The van der Waals surface area contributed by atoms with Crippen LogP contribution in [0.5, 0.6) is 0 Å². The van der Waals surface area contributed by atoms with Gasteiger partial charge < -0.3 is 23.7 Å². The highest BCUT2D eigenvalue weighted by atomic mass is 16.8. The highest BCUT2D eigenvalue weighted by molar-refractivity contribution is 5.66. The lowest BCUT2D eigenvalue weighted by Crippen LogP contribution is -2.57. The van der Waals surface area contributed by atoms with Crippen molar-refractivity contribution in [2.24, 2.45) is 0 Å². The molecule has 0 aliphatic carbocycles. The molecule has 2 aliphatic heterocycles. The van der Waals surface area contributed by atoms with Gasteiger partial charge in [0.05, 0.1) is 12.7 Å². The van der Waals surface area contributed by atoms with Crippen molar-refractivity contribution < 1.29 is 28.5 Å². The molecule has 0 radical (unpaired) electrons. The van der Waals surface area contributed by atoms with Crippen LogP contribution in [0.4, 0.5) is 0 Å². The Morgan fingerprint density at radius 2 is 2.00 bits per heavy atom. The highest BCUT2D eigenvalue weighted by Crippen LogP contribution is 2.38. The first-order valence-corrected chi connectivity index (χ1v) is 6.75. The van der Waals surface area contributed by atoms with E-state index in [0.717, 1.165) is 0 Å². The zero-order chi connectivity index (χ0) is 14.9. The minimum absolute atomic E-state index is 0.219. The van der Waals surface area contributed by atoms with Gasteiger partial charge in [-0.15, -0.1) is 6.58 Å². The van der Waals surface area contributed by atoms with Crippen molar-refractivity contribution in [1.82, 2.24) is 0 Å². The van der Waals surface area contributed by atoms with Crippen LogP contribution < -0.4 is 0 Å². The van der Waals surface area contributed by atoms with E-state index in [1.807, 2.05) is 20.8 Å². The number of fused-ring (bicyclic) bond motifs is 1. The maximum absolute atomic E-state index is 11.3. The van der Waals surface area contributed by atoms with Crippen LogP contribution in [0.3, 0.4) is 0 Å². The van der Waals surface area contributed by atoms with Gasteiger partial charge >= 0.3 is 5.97 Å². The molecular formula is C14H22O6. The maximum Gasteiger partial charge on any atom is 0.303 e. The summed E-state index contributed by atoms with van der Waals surface area (Å²) in [6, 6.07) is 0. The molecule has 0 amide bonds. The summed E-state index contributed by atoms with van der Waals surface area (Å²) in [6.07, 6.45) is -0.657. The van der Waals surface area contributed by atoms with Gasteiger partial charge in [0.1, 0.15) is 12.2 Å². The Hall–Kier alpha value is -0.950. The summed E-state index contributed by atoms with van der Waals surface area (Å²) in [5.74, 6) is -1.15. The van der Waals surface area contributed by atoms with Crippen LogP contribution >= 0.6 is 0 Å². The van der Waals surface area contributed by atoms with Crippen molar-refractivity contribution in [3.63, 3.8) is 0 Å². The lowest BCUT2D eigenvalue weighted by Gasteiger charge is -2.39. The van der Waals surface area contributed by atoms with Crippen LogP contribution in [-0.4, -0.2) is 49.1 Å². The summed E-state index contributed by atoms with van der Waals surface area (Å²) in [4.78, 5) is 11.3. The Morgan fingerprint density at radius 1 is 1.35 bits per heavy atom. The fraction of sp³-hybridized carbons (Fsp3) is 0.786.